The first-order valence-corrected chi connectivity index (χ1v) is 24.9. The molecule has 4 nitrogen and oxygen atoms in total. The average Bonchev–Trinajstić information content (AvgIpc) is 3.40. The van der Waals surface area contributed by atoms with Crippen molar-refractivity contribution >= 4 is 68.3 Å². The first-order chi connectivity index (χ1) is 34.9. The first kappa shape index (κ1) is 48.4. The molecule has 0 atom stereocenters. The van der Waals surface area contributed by atoms with Crippen LogP contribution in [-0.2, 0) is 0 Å². The van der Waals surface area contributed by atoms with Gasteiger partial charge >= 0.3 is 0 Å². The van der Waals surface area contributed by atoms with E-state index in [2.05, 4.69) is 316 Å². The smallest absolute Gasteiger partial charge is 0.154 e. The van der Waals surface area contributed by atoms with Crippen molar-refractivity contribution in [3.63, 3.8) is 0 Å². The lowest BCUT2D eigenvalue weighted by Crippen LogP contribution is -2.20. The van der Waals surface area contributed by atoms with Crippen LogP contribution in [0.25, 0.3) is 0 Å². The highest BCUT2D eigenvalue weighted by Gasteiger charge is 2.26. The van der Waals surface area contributed by atoms with Crippen molar-refractivity contribution in [2.24, 2.45) is 0 Å². The molecule has 0 fully saturated rings. The van der Waals surface area contributed by atoms with Gasteiger partial charge in [-0.15, -0.1) is 0 Å². The van der Waals surface area contributed by atoms with Crippen molar-refractivity contribution in [3.8, 4) is 0 Å². The maximum absolute atomic E-state index is 2.31. The maximum atomic E-state index is 2.31. The molecule has 8 aromatic carbocycles. The molecule has 2 aliphatic rings. The molecule has 0 amide bonds. The van der Waals surface area contributed by atoms with Crippen LogP contribution in [0.2, 0.25) is 0 Å². The second kappa shape index (κ2) is 22.0. The Bertz CT molecular complexity index is 2770. The number of benzene rings is 8. The summed E-state index contributed by atoms with van der Waals surface area (Å²) in [5, 5.41) is 0. The highest BCUT2D eigenvalue weighted by Crippen LogP contribution is 2.28. The standard InChI is InChI=1S/2C34H32N2/c2*1-25-5-13-29(14-6-25)35(30-15-7-26(2)8-16-30)33-21-23-34(24-22-33)36(31-17-9-27(3)10-18-31)32-19-11-28(4)12-20-32/h2*5-24H,1-4H3/q2*+2. The van der Waals surface area contributed by atoms with Crippen molar-refractivity contribution in [2.75, 3.05) is 0 Å². The van der Waals surface area contributed by atoms with E-state index in [9.17, 15) is 0 Å². The average molecular weight is 937 g/mol. The summed E-state index contributed by atoms with van der Waals surface area (Å²) in [7, 11) is 0. The second-order valence-corrected chi connectivity index (χ2v) is 19.1. The van der Waals surface area contributed by atoms with Crippen molar-refractivity contribution in [3.05, 3.63) is 287 Å². The van der Waals surface area contributed by atoms with E-state index in [1.807, 2.05) is 0 Å². The summed E-state index contributed by atoms with van der Waals surface area (Å²) in [5.41, 5.74) is 23.7. The van der Waals surface area contributed by atoms with E-state index in [1.165, 1.54) is 44.5 Å². The molecule has 0 saturated heterocycles. The molecule has 352 valence electrons. The zero-order valence-electron chi connectivity index (χ0n) is 42.9. The number of aryl methyl sites for hydroxylation is 8. The van der Waals surface area contributed by atoms with Crippen molar-refractivity contribution in [2.45, 2.75) is 55.4 Å². The molecule has 10 rings (SSSR count). The molecule has 0 radical (unpaired) electrons. The Morgan fingerprint density at radius 3 is 0.347 bits per heavy atom. The van der Waals surface area contributed by atoms with Gasteiger partial charge in [0.1, 0.15) is 0 Å². The normalized spacial score (nSPS) is 12.7. The predicted octanol–water partition coefficient (Wildman–Crippen LogP) is 16.6. The van der Waals surface area contributed by atoms with E-state index in [0.29, 0.717) is 0 Å². The van der Waals surface area contributed by atoms with Gasteiger partial charge in [-0.2, -0.15) is 18.3 Å². The summed E-state index contributed by atoms with van der Waals surface area (Å²) in [6.45, 7) is 17.0. The van der Waals surface area contributed by atoms with Crippen molar-refractivity contribution < 1.29 is 0 Å². The Labute approximate surface area is 427 Å². The summed E-state index contributed by atoms with van der Waals surface area (Å²) in [6.07, 6.45) is 17.7. The Balaban J connectivity index is 0.000000178. The number of rotatable bonds is 8. The quantitative estimate of drug-likeness (QED) is 0.106. The zero-order valence-corrected chi connectivity index (χ0v) is 42.9. The minimum Gasteiger partial charge on any atom is -0.154 e. The van der Waals surface area contributed by atoms with Crippen LogP contribution in [-0.4, -0.2) is 22.8 Å². The minimum absolute atomic E-state index is 1.12. The van der Waals surface area contributed by atoms with Gasteiger partial charge in [-0.1, -0.05) is 142 Å². The van der Waals surface area contributed by atoms with Gasteiger partial charge in [-0.25, -0.2) is 0 Å². The minimum atomic E-state index is 1.12. The van der Waals surface area contributed by atoms with Crippen LogP contribution in [0.4, 0.5) is 45.5 Å². The molecule has 0 N–H and O–H groups in total. The van der Waals surface area contributed by atoms with Gasteiger partial charge in [0.25, 0.3) is 0 Å². The Morgan fingerprint density at radius 2 is 0.250 bits per heavy atom. The largest absolute Gasteiger partial charge is 0.212 e. The number of hydrogen-bond acceptors (Lipinski definition) is 0. The zero-order chi connectivity index (χ0) is 50.1. The van der Waals surface area contributed by atoms with E-state index < -0.39 is 0 Å². The molecule has 0 aromatic heterocycles. The van der Waals surface area contributed by atoms with Crippen LogP contribution in [0.3, 0.4) is 0 Å². The van der Waals surface area contributed by atoms with E-state index in [-0.39, 0.29) is 0 Å². The molecule has 0 saturated carbocycles. The summed E-state index contributed by atoms with van der Waals surface area (Å²) in [4.78, 5) is 0. The van der Waals surface area contributed by atoms with Gasteiger partial charge in [0.2, 0.25) is 68.3 Å². The third kappa shape index (κ3) is 11.5. The number of allylic oxidation sites excluding steroid dienone is 8. The lowest BCUT2D eigenvalue weighted by molar-refractivity contribution is 1.07. The molecule has 8 aromatic rings. The molecule has 4 heteroatoms. The fraction of sp³-hybridized carbons (Fsp3) is 0.118. The summed E-state index contributed by atoms with van der Waals surface area (Å²) in [6, 6.07) is 69.7. The topological polar surface area (TPSA) is 12.0 Å². The molecule has 0 unspecified atom stereocenters. The molecule has 0 bridgehead atoms. The second-order valence-electron chi connectivity index (χ2n) is 19.1. The van der Waals surface area contributed by atoms with Crippen LogP contribution in [0.1, 0.15) is 44.5 Å². The summed E-state index contributed by atoms with van der Waals surface area (Å²) < 4.78 is 9.24. The SMILES string of the molecule is Cc1ccc([N+](=C2C=CC(=[N+](c3ccc(C)cc3)c3ccc(C)cc3)C=C2)c2ccc(C)cc2)cc1.Cc1ccc([N+](=C2C=CC(=[N+](c3ccc(C)cc3)c3ccc(C)cc3)C=C2)c2ccc(C)cc2)cc1. The highest BCUT2D eigenvalue weighted by molar-refractivity contribution is 6.21. The fourth-order valence-electron chi connectivity index (χ4n) is 8.84. The lowest BCUT2D eigenvalue weighted by atomic mass is 10.1. The Morgan fingerprint density at radius 1 is 0.153 bits per heavy atom. The monoisotopic (exact) mass is 937 g/mol. The van der Waals surface area contributed by atoms with Gasteiger partial charge in [0.15, 0.2) is 0 Å². The number of hydrogen-bond donors (Lipinski definition) is 0. The Hall–Kier alpha value is -8.60. The van der Waals surface area contributed by atoms with Gasteiger partial charge in [0, 0.05) is 146 Å². The maximum Gasteiger partial charge on any atom is 0.212 e. The molecule has 0 aliphatic heterocycles. The summed E-state index contributed by atoms with van der Waals surface area (Å²) >= 11 is 0. The van der Waals surface area contributed by atoms with Gasteiger partial charge in [0.05, 0.1) is 0 Å². The van der Waals surface area contributed by atoms with E-state index in [0.717, 1.165) is 68.3 Å². The molecular weight excluding hydrogens is 873 g/mol. The lowest BCUT2D eigenvalue weighted by Gasteiger charge is -2.10. The molecule has 2 aliphatic carbocycles. The van der Waals surface area contributed by atoms with Crippen molar-refractivity contribution in [1.29, 1.82) is 0 Å². The molecular formula is C68H64N4+4. The third-order valence-electron chi connectivity index (χ3n) is 13.1. The van der Waals surface area contributed by atoms with E-state index >= 15 is 0 Å². The number of nitrogens with zero attached hydrogens (tertiary/aromatic N) is 4. The molecule has 0 spiro atoms. The highest BCUT2D eigenvalue weighted by atomic mass is 15.1. The molecule has 0 heterocycles. The van der Waals surface area contributed by atoms with Gasteiger partial charge in [-0.05, 0) is 55.4 Å². The van der Waals surface area contributed by atoms with Crippen molar-refractivity contribution in [1.82, 2.24) is 18.3 Å². The van der Waals surface area contributed by atoms with Gasteiger partial charge in [-0.3, -0.25) is 0 Å². The van der Waals surface area contributed by atoms with E-state index in [1.54, 1.807) is 0 Å². The fourth-order valence-corrected chi connectivity index (χ4v) is 8.84. The first-order valence-electron chi connectivity index (χ1n) is 24.9. The van der Waals surface area contributed by atoms with Crippen LogP contribution >= 0.6 is 0 Å². The van der Waals surface area contributed by atoms with Crippen LogP contribution in [0.15, 0.2) is 243 Å². The van der Waals surface area contributed by atoms with Gasteiger partial charge < -0.3 is 0 Å². The molecule has 72 heavy (non-hydrogen) atoms. The summed E-state index contributed by atoms with van der Waals surface area (Å²) in [5.74, 6) is 0. The van der Waals surface area contributed by atoms with Crippen LogP contribution in [0.5, 0.6) is 0 Å². The third-order valence-corrected chi connectivity index (χ3v) is 13.1. The van der Waals surface area contributed by atoms with E-state index in [4.69, 9.17) is 0 Å². The van der Waals surface area contributed by atoms with Crippen LogP contribution < -0.4 is 18.3 Å². The Kier molecular flexibility index (Phi) is 14.8. The predicted molar refractivity (Wildman–Crippen MR) is 312 cm³/mol. The van der Waals surface area contributed by atoms with Crippen LogP contribution in [0, 0.1) is 55.4 Å².